The van der Waals surface area contributed by atoms with Crippen LogP contribution in [-0.2, 0) is 6.54 Å². The first-order chi connectivity index (χ1) is 9.88. The first-order valence-electron chi connectivity index (χ1n) is 6.09. The fraction of sp³-hybridized carbons (Fsp3) is 0.0769. The molecule has 0 saturated carbocycles. The van der Waals surface area contributed by atoms with Gasteiger partial charge in [-0.15, -0.1) is 5.10 Å². The molecular weight excluding hydrogens is 256 g/mol. The van der Waals surface area contributed by atoms with Crippen LogP contribution in [0.2, 0.25) is 0 Å². The molecule has 0 bridgehead atoms. The van der Waals surface area contributed by atoms with E-state index >= 15 is 0 Å². The molecule has 7 heteroatoms. The lowest BCUT2D eigenvalue weighted by atomic mass is 10.2. The van der Waals surface area contributed by atoms with Gasteiger partial charge in [-0.1, -0.05) is 5.21 Å². The molecule has 0 aromatic carbocycles. The standard InChI is InChI=1S/C13H10N6O/c1-2-15-12-3-9(4-16-11(1)12)13-7-19(18-17-13)6-10-5-14-8-20-10/h1-5,7-8,15H,6H2. The quantitative estimate of drug-likeness (QED) is 0.611. The van der Waals surface area contributed by atoms with Crippen molar-refractivity contribution in [3.8, 4) is 11.3 Å². The molecular formula is C13H10N6O. The maximum atomic E-state index is 5.18. The molecule has 4 heterocycles. The van der Waals surface area contributed by atoms with Crippen LogP contribution in [0.4, 0.5) is 0 Å². The van der Waals surface area contributed by atoms with Gasteiger partial charge in [-0.25, -0.2) is 9.67 Å². The molecule has 0 amide bonds. The van der Waals surface area contributed by atoms with Gasteiger partial charge in [0.2, 0.25) is 0 Å². The summed E-state index contributed by atoms with van der Waals surface area (Å²) in [4.78, 5) is 11.4. The predicted octanol–water partition coefficient (Wildman–Crippen LogP) is 1.86. The Bertz CT molecular complexity index is 845. The van der Waals surface area contributed by atoms with Gasteiger partial charge in [-0.2, -0.15) is 0 Å². The van der Waals surface area contributed by atoms with E-state index in [9.17, 15) is 0 Å². The summed E-state index contributed by atoms with van der Waals surface area (Å²) >= 11 is 0. The molecule has 0 aliphatic carbocycles. The molecule has 20 heavy (non-hydrogen) atoms. The lowest BCUT2D eigenvalue weighted by Gasteiger charge is -1.96. The Kier molecular flexibility index (Phi) is 2.35. The summed E-state index contributed by atoms with van der Waals surface area (Å²) in [5, 5.41) is 8.23. The monoisotopic (exact) mass is 266 g/mol. The van der Waals surface area contributed by atoms with Crippen molar-refractivity contribution < 1.29 is 4.42 Å². The van der Waals surface area contributed by atoms with Gasteiger partial charge in [0.15, 0.2) is 6.39 Å². The van der Waals surface area contributed by atoms with Crippen molar-refractivity contribution in [3.63, 3.8) is 0 Å². The Balaban J connectivity index is 1.66. The molecule has 1 N–H and O–H groups in total. The average molecular weight is 266 g/mol. The van der Waals surface area contributed by atoms with Crippen LogP contribution in [0.15, 0.2) is 47.7 Å². The molecule has 0 saturated heterocycles. The van der Waals surface area contributed by atoms with Gasteiger partial charge in [0.25, 0.3) is 0 Å². The summed E-state index contributed by atoms with van der Waals surface area (Å²) in [5.74, 6) is 0.736. The summed E-state index contributed by atoms with van der Waals surface area (Å²) < 4.78 is 6.89. The maximum Gasteiger partial charge on any atom is 0.180 e. The number of rotatable bonds is 3. The molecule has 0 aliphatic heterocycles. The molecule has 0 atom stereocenters. The third-order valence-corrected chi connectivity index (χ3v) is 3.03. The highest BCUT2D eigenvalue weighted by molar-refractivity contribution is 5.79. The minimum absolute atomic E-state index is 0.505. The van der Waals surface area contributed by atoms with Crippen molar-refractivity contribution in [3.05, 3.63) is 49.1 Å². The van der Waals surface area contributed by atoms with E-state index in [1.165, 1.54) is 6.39 Å². The minimum Gasteiger partial charge on any atom is -0.447 e. The summed E-state index contributed by atoms with van der Waals surface area (Å²) in [5.41, 5.74) is 3.60. The van der Waals surface area contributed by atoms with Crippen molar-refractivity contribution in [2.75, 3.05) is 0 Å². The summed E-state index contributed by atoms with van der Waals surface area (Å²) in [6, 6.07) is 3.94. The Hall–Kier alpha value is -2.96. The molecule has 4 aromatic rings. The number of oxazole rings is 1. The minimum atomic E-state index is 0.505. The van der Waals surface area contributed by atoms with Gasteiger partial charge in [0.05, 0.1) is 23.4 Å². The highest BCUT2D eigenvalue weighted by Crippen LogP contribution is 2.19. The number of nitrogens with zero attached hydrogens (tertiary/aromatic N) is 5. The fourth-order valence-electron chi connectivity index (χ4n) is 2.06. The smallest absolute Gasteiger partial charge is 0.180 e. The van der Waals surface area contributed by atoms with Crippen LogP contribution < -0.4 is 0 Å². The van der Waals surface area contributed by atoms with Gasteiger partial charge < -0.3 is 9.40 Å². The molecule has 4 aromatic heterocycles. The second-order valence-corrected chi connectivity index (χ2v) is 4.40. The van der Waals surface area contributed by atoms with Crippen LogP contribution in [-0.4, -0.2) is 29.9 Å². The predicted molar refractivity (Wildman–Crippen MR) is 70.7 cm³/mol. The molecule has 0 unspecified atom stereocenters. The first-order valence-corrected chi connectivity index (χ1v) is 6.09. The molecule has 0 radical (unpaired) electrons. The van der Waals surface area contributed by atoms with Gasteiger partial charge >= 0.3 is 0 Å². The van der Waals surface area contributed by atoms with E-state index < -0.39 is 0 Å². The molecule has 0 fully saturated rings. The molecule has 7 nitrogen and oxygen atoms in total. The van der Waals surface area contributed by atoms with Crippen molar-refractivity contribution in [2.24, 2.45) is 0 Å². The Labute approximate surface area is 113 Å². The van der Waals surface area contributed by atoms with Crippen LogP contribution in [0.3, 0.4) is 0 Å². The number of hydrogen-bond acceptors (Lipinski definition) is 5. The van der Waals surface area contributed by atoms with E-state index in [1.54, 1.807) is 17.1 Å². The van der Waals surface area contributed by atoms with E-state index in [0.717, 1.165) is 28.1 Å². The van der Waals surface area contributed by atoms with Crippen LogP contribution in [0, 0.1) is 0 Å². The maximum absolute atomic E-state index is 5.18. The number of hydrogen-bond donors (Lipinski definition) is 1. The zero-order valence-electron chi connectivity index (χ0n) is 10.4. The third kappa shape index (κ3) is 1.85. The first kappa shape index (κ1) is 10.9. The Morgan fingerprint density at radius 3 is 3.20 bits per heavy atom. The highest BCUT2D eigenvalue weighted by Gasteiger charge is 2.07. The van der Waals surface area contributed by atoms with E-state index in [2.05, 4.69) is 25.3 Å². The number of nitrogens with one attached hydrogen (secondary N) is 1. The number of aromatic nitrogens is 6. The van der Waals surface area contributed by atoms with E-state index in [-0.39, 0.29) is 0 Å². The average Bonchev–Trinajstić information content (AvgIpc) is 3.19. The topological polar surface area (TPSA) is 85.4 Å². The second-order valence-electron chi connectivity index (χ2n) is 4.40. The summed E-state index contributed by atoms with van der Waals surface area (Å²) in [7, 11) is 0. The SMILES string of the molecule is c1cc2ncc(-c3cn(Cc4cnco4)nn3)cc2[nH]1. The molecule has 0 spiro atoms. The van der Waals surface area contributed by atoms with Crippen molar-refractivity contribution >= 4 is 11.0 Å². The van der Waals surface area contributed by atoms with Crippen LogP contribution in [0.5, 0.6) is 0 Å². The van der Waals surface area contributed by atoms with E-state index in [0.29, 0.717) is 6.54 Å². The van der Waals surface area contributed by atoms with Crippen LogP contribution >= 0.6 is 0 Å². The largest absolute Gasteiger partial charge is 0.447 e. The Morgan fingerprint density at radius 1 is 1.30 bits per heavy atom. The molecule has 0 aliphatic rings. The lowest BCUT2D eigenvalue weighted by Crippen LogP contribution is -1.98. The van der Waals surface area contributed by atoms with Gasteiger partial charge in [0, 0.05) is 18.0 Å². The molecule has 98 valence electrons. The number of pyridine rings is 1. The van der Waals surface area contributed by atoms with Gasteiger partial charge in [0.1, 0.15) is 18.0 Å². The second kappa shape index (κ2) is 4.30. The summed E-state index contributed by atoms with van der Waals surface area (Å²) in [6.07, 6.45) is 8.57. The number of aromatic amines is 1. The van der Waals surface area contributed by atoms with Crippen molar-refractivity contribution in [1.29, 1.82) is 0 Å². The van der Waals surface area contributed by atoms with Gasteiger partial charge in [-0.3, -0.25) is 4.98 Å². The van der Waals surface area contributed by atoms with Gasteiger partial charge in [-0.05, 0) is 12.1 Å². The number of fused-ring (bicyclic) bond motifs is 1. The number of H-pyrrole nitrogens is 1. The zero-order valence-corrected chi connectivity index (χ0v) is 10.4. The summed E-state index contributed by atoms with van der Waals surface area (Å²) in [6.45, 7) is 0.505. The Morgan fingerprint density at radius 2 is 2.30 bits per heavy atom. The lowest BCUT2D eigenvalue weighted by molar-refractivity contribution is 0.471. The van der Waals surface area contributed by atoms with E-state index in [4.69, 9.17) is 4.42 Å². The fourth-order valence-corrected chi connectivity index (χ4v) is 2.06. The normalized spacial score (nSPS) is 11.2. The zero-order chi connectivity index (χ0) is 13.4. The van der Waals surface area contributed by atoms with E-state index in [1.807, 2.05) is 24.5 Å². The van der Waals surface area contributed by atoms with Crippen LogP contribution in [0.1, 0.15) is 5.76 Å². The van der Waals surface area contributed by atoms with Crippen molar-refractivity contribution in [1.82, 2.24) is 29.9 Å². The van der Waals surface area contributed by atoms with Crippen LogP contribution in [0.25, 0.3) is 22.3 Å². The third-order valence-electron chi connectivity index (χ3n) is 3.03. The highest BCUT2D eigenvalue weighted by atomic mass is 16.3. The van der Waals surface area contributed by atoms with Crippen molar-refractivity contribution in [2.45, 2.75) is 6.54 Å². The molecule has 4 rings (SSSR count).